The van der Waals surface area contributed by atoms with Crippen molar-refractivity contribution in [2.45, 2.75) is 95.3 Å². The molecule has 1 saturated carbocycles. The second-order valence-electron chi connectivity index (χ2n) is 12.1. The molecule has 42 heavy (non-hydrogen) atoms. The van der Waals surface area contributed by atoms with Crippen LogP contribution in [0.1, 0.15) is 74.7 Å². The number of aromatic nitrogens is 1. The predicted molar refractivity (Wildman–Crippen MR) is 163 cm³/mol. The highest BCUT2D eigenvalue weighted by Crippen LogP contribution is 2.38. The van der Waals surface area contributed by atoms with Crippen molar-refractivity contribution in [3.8, 4) is 5.75 Å². The predicted octanol–water partition coefficient (Wildman–Crippen LogP) is 4.52. The summed E-state index contributed by atoms with van der Waals surface area (Å²) in [5.41, 5.74) is 2.38. The van der Waals surface area contributed by atoms with Crippen LogP contribution in [0.25, 0.3) is 0 Å². The standard InChI is InChI=1S/C32H48N4O5S/c1-5-41-28-21-24(2)32(25(3)22-28)42(38,39)36-16-15-35-14-8-12-29(35)30(36)11-7-13-31(37)33(4)26-9-6-10-27(23-26)34-17-19-40-20-18-34/h8,12,14,21-22,26-27,30H,5-7,9-11,13,15-20,23H2,1-4H3. The van der Waals surface area contributed by atoms with Gasteiger partial charge in [0.25, 0.3) is 0 Å². The van der Waals surface area contributed by atoms with Gasteiger partial charge in [-0.2, -0.15) is 4.31 Å². The number of morpholine rings is 1. The molecule has 1 aliphatic carbocycles. The van der Waals surface area contributed by atoms with Crippen LogP contribution in [0, 0.1) is 13.8 Å². The number of ether oxygens (including phenoxy) is 2. The highest BCUT2D eigenvalue weighted by molar-refractivity contribution is 7.89. The summed E-state index contributed by atoms with van der Waals surface area (Å²) in [6.07, 6.45) is 8.06. The molecule has 3 heterocycles. The smallest absolute Gasteiger partial charge is 0.244 e. The molecule has 0 spiro atoms. The number of hydrogen-bond donors (Lipinski definition) is 0. The minimum Gasteiger partial charge on any atom is -0.494 e. The molecule has 1 aromatic carbocycles. The van der Waals surface area contributed by atoms with Crippen LogP contribution >= 0.6 is 0 Å². The van der Waals surface area contributed by atoms with Crippen LogP contribution < -0.4 is 4.74 Å². The third kappa shape index (κ3) is 6.56. The zero-order valence-corrected chi connectivity index (χ0v) is 26.6. The van der Waals surface area contributed by atoms with E-state index in [0.717, 1.165) is 51.3 Å². The van der Waals surface area contributed by atoms with Crippen molar-refractivity contribution in [2.24, 2.45) is 0 Å². The average molecular weight is 601 g/mol. The first kappa shape index (κ1) is 31.0. The number of fused-ring (bicyclic) bond motifs is 1. The zero-order chi connectivity index (χ0) is 29.9. The summed E-state index contributed by atoms with van der Waals surface area (Å²) in [6, 6.07) is 8.09. The fourth-order valence-corrected chi connectivity index (χ4v) is 9.34. The lowest BCUT2D eigenvalue weighted by atomic mass is 9.88. The number of aryl methyl sites for hydroxylation is 2. The average Bonchev–Trinajstić information content (AvgIpc) is 3.46. The fourth-order valence-electron chi connectivity index (χ4n) is 7.30. The number of rotatable bonds is 10. The van der Waals surface area contributed by atoms with Crippen molar-refractivity contribution in [3.05, 3.63) is 47.3 Å². The van der Waals surface area contributed by atoms with E-state index in [2.05, 4.69) is 9.47 Å². The molecule has 10 heteroatoms. The van der Waals surface area contributed by atoms with Crippen LogP contribution in [0.3, 0.4) is 0 Å². The Hall–Kier alpha value is -2.40. The van der Waals surface area contributed by atoms with Crippen molar-refractivity contribution in [2.75, 3.05) is 46.5 Å². The Morgan fingerprint density at radius 2 is 1.83 bits per heavy atom. The first-order valence-corrected chi connectivity index (χ1v) is 17.1. The van der Waals surface area contributed by atoms with Gasteiger partial charge in [0.2, 0.25) is 15.9 Å². The van der Waals surface area contributed by atoms with E-state index in [1.165, 1.54) is 6.42 Å². The molecule has 232 valence electrons. The van der Waals surface area contributed by atoms with Crippen molar-refractivity contribution in [1.29, 1.82) is 0 Å². The fraction of sp³-hybridized carbons (Fsp3) is 0.656. The summed E-state index contributed by atoms with van der Waals surface area (Å²) in [5, 5.41) is 0. The summed E-state index contributed by atoms with van der Waals surface area (Å²) < 4.78 is 43.4. The number of nitrogens with zero attached hydrogens (tertiary/aromatic N) is 4. The highest BCUT2D eigenvalue weighted by Gasteiger charge is 2.38. The Morgan fingerprint density at radius 1 is 1.10 bits per heavy atom. The van der Waals surface area contributed by atoms with E-state index in [1.54, 1.807) is 4.31 Å². The van der Waals surface area contributed by atoms with E-state index in [0.29, 0.717) is 66.8 Å². The van der Waals surface area contributed by atoms with Crippen molar-refractivity contribution >= 4 is 15.9 Å². The summed E-state index contributed by atoms with van der Waals surface area (Å²) in [6.45, 7) is 10.7. The van der Waals surface area contributed by atoms with Gasteiger partial charge < -0.3 is 18.9 Å². The van der Waals surface area contributed by atoms with E-state index in [4.69, 9.17) is 9.47 Å². The number of benzene rings is 1. The minimum atomic E-state index is -3.77. The molecule has 9 nitrogen and oxygen atoms in total. The first-order chi connectivity index (χ1) is 20.2. The molecule has 2 aromatic rings. The molecule has 0 N–H and O–H groups in total. The van der Waals surface area contributed by atoms with Gasteiger partial charge >= 0.3 is 0 Å². The molecule has 3 unspecified atom stereocenters. The second kappa shape index (κ2) is 13.5. The van der Waals surface area contributed by atoms with Gasteiger partial charge in [-0.05, 0) is 94.7 Å². The van der Waals surface area contributed by atoms with Crippen LogP contribution in [0.2, 0.25) is 0 Å². The van der Waals surface area contributed by atoms with Gasteiger partial charge in [0.15, 0.2) is 0 Å². The van der Waals surface area contributed by atoms with E-state index < -0.39 is 10.0 Å². The summed E-state index contributed by atoms with van der Waals surface area (Å²) in [5.74, 6) is 0.841. The summed E-state index contributed by atoms with van der Waals surface area (Å²) >= 11 is 0. The molecule has 0 radical (unpaired) electrons. The van der Waals surface area contributed by atoms with E-state index in [-0.39, 0.29) is 18.0 Å². The van der Waals surface area contributed by atoms with Gasteiger partial charge in [0, 0.05) is 63.6 Å². The van der Waals surface area contributed by atoms with Gasteiger partial charge in [-0.25, -0.2) is 8.42 Å². The quantitative estimate of drug-likeness (QED) is 0.399. The van der Waals surface area contributed by atoms with Gasteiger partial charge in [-0.15, -0.1) is 0 Å². The largest absolute Gasteiger partial charge is 0.494 e. The monoisotopic (exact) mass is 600 g/mol. The van der Waals surface area contributed by atoms with Crippen LogP contribution in [0.5, 0.6) is 5.75 Å². The number of amides is 1. The first-order valence-electron chi connectivity index (χ1n) is 15.7. The Kier molecular flexibility index (Phi) is 9.97. The number of carbonyl (C=O) groups excluding carboxylic acids is 1. The Labute approximate surface area is 251 Å². The molecule has 0 bridgehead atoms. The Bertz CT molecular complexity index is 1310. The summed E-state index contributed by atoms with van der Waals surface area (Å²) in [4.78, 5) is 18.2. The third-order valence-corrected chi connectivity index (χ3v) is 11.6. The van der Waals surface area contributed by atoms with Crippen molar-refractivity contribution in [1.82, 2.24) is 18.7 Å². The third-order valence-electron chi connectivity index (χ3n) is 9.42. The SMILES string of the molecule is CCOc1cc(C)c(S(=O)(=O)N2CCn3cccc3C2CCCC(=O)N(C)C2CCCC(N3CCOCC3)C2)c(C)c1. The van der Waals surface area contributed by atoms with Crippen LogP contribution in [-0.4, -0.2) is 91.6 Å². The normalized spacial score (nSPS) is 23.9. The van der Waals surface area contributed by atoms with Gasteiger partial charge in [-0.3, -0.25) is 9.69 Å². The van der Waals surface area contributed by atoms with Gasteiger partial charge in [0.1, 0.15) is 5.75 Å². The molecule has 2 aliphatic heterocycles. The number of sulfonamides is 1. The second-order valence-corrected chi connectivity index (χ2v) is 13.9. The molecule has 1 saturated heterocycles. The molecular formula is C32H48N4O5S. The molecule has 3 aliphatic rings. The maximum atomic E-state index is 14.2. The van der Waals surface area contributed by atoms with Crippen molar-refractivity contribution < 1.29 is 22.7 Å². The summed E-state index contributed by atoms with van der Waals surface area (Å²) in [7, 11) is -1.82. The molecule has 3 atom stereocenters. The number of carbonyl (C=O) groups is 1. The maximum absolute atomic E-state index is 14.2. The zero-order valence-electron chi connectivity index (χ0n) is 25.8. The lowest BCUT2D eigenvalue weighted by Crippen LogP contribution is -2.49. The van der Waals surface area contributed by atoms with E-state index in [9.17, 15) is 13.2 Å². The lowest BCUT2D eigenvalue weighted by Gasteiger charge is -2.42. The van der Waals surface area contributed by atoms with E-state index >= 15 is 0 Å². The molecule has 1 aromatic heterocycles. The topological polar surface area (TPSA) is 84.3 Å². The molecule has 2 fully saturated rings. The van der Waals surface area contributed by atoms with Crippen LogP contribution in [0.4, 0.5) is 0 Å². The highest BCUT2D eigenvalue weighted by atomic mass is 32.2. The minimum absolute atomic E-state index is 0.154. The molecular weight excluding hydrogens is 552 g/mol. The van der Waals surface area contributed by atoms with Gasteiger partial charge in [-0.1, -0.05) is 0 Å². The van der Waals surface area contributed by atoms with Crippen LogP contribution in [-0.2, 0) is 26.1 Å². The van der Waals surface area contributed by atoms with Crippen molar-refractivity contribution in [3.63, 3.8) is 0 Å². The van der Waals surface area contributed by atoms with E-state index in [1.807, 2.05) is 63.2 Å². The number of hydrogen-bond acceptors (Lipinski definition) is 6. The van der Waals surface area contributed by atoms with Crippen LogP contribution in [0.15, 0.2) is 35.4 Å². The Balaban J connectivity index is 1.26. The maximum Gasteiger partial charge on any atom is 0.244 e. The molecule has 1 amide bonds. The van der Waals surface area contributed by atoms with Gasteiger partial charge in [0.05, 0.1) is 30.8 Å². The lowest BCUT2D eigenvalue weighted by molar-refractivity contribution is -0.133. The Morgan fingerprint density at radius 3 is 2.55 bits per heavy atom. The molecule has 5 rings (SSSR count).